The normalized spacial score (nSPS) is 20.9. The van der Waals surface area contributed by atoms with Gasteiger partial charge in [0, 0.05) is 45.0 Å². The van der Waals surface area contributed by atoms with Crippen molar-refractivity contribution in [3.05, 3.63) is 60.2 Å². The minimum absolute atomic E-state index is 0.0677. The summed E-state index contributed by atoms with van der Waals surface area (Å²) in [6.07, 6.45) is 4.52. The van der Waals surface area contributed by atoms with E-state index in [0.717, 1.165) is 30.3 Å². The van der Waals surface area contributed by atoms with Gasteiger partial charge in [0.25, 0.3) is 5.91 Å². The number of likely N-dealkylation sites (tertiary alicyclic amines) is 1. The van der Waals surface area contributed by atoms with Gasteiger partial charge in [-0.2, -0.15) is 0 Å². The molecule has 1 amide bonds. The zero-order valence-corrected chi connectivity index (χ0v) is 16.1. The number of rotatable bonds is 3. The number of hydrogen-bond acceptors (Lipinski definition) is 5. The van der Waals surface area contributed by atoms with Crippen LogP contribution in [0.5, 0.6) is 0 Å². The Balaban J connectivity index is 1.33. The number of amides is 1. The monoisotopic (exact) mass is 392 g/mol. The van der Waals surface area contributed by atoms with Crippen molar-refractivity contribution in [1.82, 2.24) is 24.6 Å². The number of halogens is 1. The number of aryl methyl sites for hydroxylation is 1. The Kier molecular flexibility index (Phi) is 4.26. The Bertz CT molecular complexity index is 1050. The first kappa shape index (κ1) is 17.8. The molecule has 1 aromatic carbocycles. The fraction of sp³-hybridized carbons (Fsp3) is 0.333. The summed E-state index contributed by atoms with van der Waals surface area (Å²) in [7, 11) is 1.92. The van der Waals surface area contributed by atoms with Crippen molar-refractivity contribution in [2.45, 2.75) is 12.5 Å². The molecule has 0 bridgehead atoms. The number of hydrogen-bond donors (Lipinski definition) is 0. The molecule has 0 saturated carbocycles. The number of anilines is 1. The highest BCUT2D eigenvalue weighted by Gasteiger charge is 2.44. The van der Waals surface area contributed by atoms with Gasteiger partial charge in [0.1, 0.15) is 11.5 Å². The fourth-order valence-electron chi connectivity index (χ4n) is 4.42. The van der Waals surface area contributed by atoms with Gasteiger partial charge in [-0.25, -0.2) is 9.37 Å². The summed E-state index contributed by atoms with van der Waals surface area (Å²) in [6, 6.07) is 10.1. The third-order valence-electron chi connectivity index (χ3n) is 5.94. The van der Waals surface area contributed by atoms with Crippen LogP contribution >= 0.6 is 0 Å². The maximum Gasteiger partial charge on any atom is 0.257 e. The first-order valence-corrected chi connectivity index (χ1v) is 9.73. The second-order valence-electron chi connectivity index (χ2n) is 7.64. The van der Waals surface area contributed by atoms with Crippen molar-refractivity contribution in [2.24, 2.45) is 13.0 Å². The van der Waals surface area contributed by atoms with Crippen LogP contribution in [-0.4, -0.2) is 56.2 Å². The highest BCUT2D eigenvalue weighted by Crippen LogP contribution is 2.34. The van der Waals surface area contributed by atoms with Crippen LogP contribution in [0.25, 0.3) is 11.5 Å². The SMILES string of the molecule is Cn1ccnc1-c1ccc(N2C[C@@H]3CCN(C(=O)c4ccccc4F)[C@@H]3C2)nn1. The molecule has 2 fully saturated rings. The van der Waals surface area contributed by atoms with E-state index in [9.17, 15) is 9.18 Å². The van der Waals surface area contributed by atoms with E-state index < -0.39 is 5.82 Å². The summed E-state index contributed by atoms with van der Waals surface area (Å²) < 4.78 is 16.0. The average Bonchev–Trinajstić information content (AvgIpc) is 3.43. The smallest absolute Gasteiger partial charge is 0.257 e. The van der Waals surface area contributed by atoms with Gasteiger partial charge in [0.15, 0.2) is 11.6 Å². The van der Waals surface area contributed by atoms with Crippen molar-refractivity contribution in [2.75, 3.05) is 24.5 Å². The Morgan fingerprint density at radius 1 is 1.14 bits per heavy atom. The van der Waals surface area contributed by atoms with Crippen LogP contribution in [0.1, 0.15) is 16.8 Å². The van der Waals surface area contributed by atoms with Crippen LogP contribution < -0.4 is 4.90 Å². The molecule has 2 aliphatic rings. The van der Waals surface area contributed by atoms with Crippen LogP contribution in [0.4, 0.5) is 10.2 Å². The van der Waals surface area contributed by atoms with Crippen LogP contribution in [0.2, 0.25) is 0 Å². The Morgan fingerprint density at radius 3 is 2.72 bits per heavy atom. The number of carbonyl (C=O) groups is 1. The van der Waals surface area contributed by atoms with Crippen molar-refractivity contribution < 1.29 is 9.18 Å². The summed E-state index contributed by atoms with van der Waals surface area (Å²) in [5.41, 5.74) is 0.864. The van der Waals surface area contributed by atoms with Crippen LogP contribution in [0.3, 0.4) is 0 Å². The molecule has 0 unspecified atom stereocenters. The number of aromatic nitrogens is 4. The zero-order valence-electron chi connectivity index (χ0n) is 16.1. The molecule has 2 aromatic heterocycles. The van der Waals surface area contributed by atoms with Gasteiger partial charge in [-0.3, -0.25) is 4.79 Å². The molecule has 148 valence electrons. The molecule has 5 rings (SSSR count). The van der Waals surface area contributed by atoms with E-state index in [-0.39, 0.29) is 17.5 Å². The predicted molar refractivity (Wildman–Crippen MR) is 106 cm³/mol. The maximum atomic E-state index is 14.1. The molecule has 29 heavy (non-hydrogen) atoms. The topological polar surface area (TPSA) is 67.2 Å². The zero-order chi connectivity index (χ0) is 20.0. The lowest BCUT2D eigenvalue weighted by Crippen LogP contribution is -2.40. The maximum absolute atomic E-state index is 14.1. The van der Waals surface area contributed by atoms with E-state index in [1.807, 2.05) is 34.8 Å². The summed E-state index contributed by atoms with van der Waals surface area (Å²) in [6.45, 7) is 2.17. The molecule has 2 aliphatic heterocycles. The van der Waals surface area contributed by atoms with Crippen molar-refractivity contribution in [3.8, 4) is 11.5 Å². The van der Waals surface area contributed by atoms with Crippen molar-refractivity contribution >= 4 is 11.7 Å². The standard InChI is InChI=1S/C21H21FN6O/c1-26-11-9-23-20(26)17-6-7-19(25-24-17)27-12-14-8-10-28(18(14)13-27)21(29)15-4-2-3-5-16(15)22/h2-7,9,11,14,18H,8,10,12-13H2,1H3/t14-,18+/m0/s1. The molecule has 4 heterocycles. The predicted octanol–water partition coefficient (Wildman–Crippen LogP) is 2.37. The van der Waals surface area contributed by atoms with Crippen LogP contribution in [0.15, 0.2) is 48.8 Å². The second kappa shape index (κ2) is 6.95. The second-order valence-corrected chi connectivity index (χ2v) is 7.64. The first-order chi connectivity index (χ1) is 14.1. The molecule has 3 aromatic rings. The quantitative estimate of drug-likeness (QED) is 0.685. The Morgan fingerprint density at radius 2 is 2.00 bits per heavy atom. The molecule has 8 heteroatoms. The molecule has 0 N–H and O–H groups in total. The largest absolute Gasteiger partial charge is 0.353 e. The van der Waals surface area contributed by atoms with Gasteiger partial charge in [0.05, 0.1) is 11.6 Å². The lowest BCUT2D eigenvalue weighted by Gasteiger charge is -2.25. The van der Waals surface area contributed by atoms with Gasteiger partial charge in [-0.05, 0) is 30.7 Å². The van der Waals surface area contributed by atoms with Gasteiger partial charge in [-0.1, -0.05) is 12.1 Å². The lowest BCUT2D eigenvalue weighted by molar-refractivity contribution is 0.0733. The highest BCUT2D eigenvalue weighted by molar-refractivity contribution is 5.95. The van der Waals surface area contributed by atoms with E-state index in [1.54, 1.807) is 24.4 Å². The fourth-order valence-corrected chi connectivity index (χ4v) is 4.42. The highest BCUT2D eigenvalue weighted by atomic mass is 19.1. The van der Waals surface area contributed by atoms with E-state index in [1.165, 1.54) is 6.07 Å². The van der Waals surface area contributed by atoms with Gasteiger partial charge in [0.2, 0.25) is 0 Å². The summed E-state index contributed by atoms with van der Waals surface area (Å²) in [5.74, 6) is 1.22. The Labute approximate surface area is 167 Å². The third kappa shape index (κ3) is 3.04. The summed E-state index contributed by atoms with van der Waals surface area (Å²) in [4.78, 5) is 21.2. The molecule has 2 atom stereocenters. The number of carbonyl (C=O) groups excluding carboxylic acids is 1. The van der Waals surface area contributed by atoms with E-state index >= 15 is 0 Å². The summed E-state index contributed by atoms with van der Waals surface area (Å²) >= 11 is 0. The van der Waals surface area contributed by atoms with Crippen molar-refractivity contribution in [1.29, 1.82) is 0 Å². The first-order valence-electron chi connectivity index (χ1n) is 9.73. The van der Waals surface area contributed by atoms with E-state index in [0.29, 0.717) is 19.0 Å². The number of benzene rings is 1. The lowest BCUT2D eigenvalue weighted by atomic mass is 10.0. The molecule has 2 saturated heterocycles. The number of imidazole rings is 1. The number of fused-ring (bicyclic) bond motifs is 1. The van der Waals surface area contributed by atoms with Crippen molar-refractivity contribution in [3.63, 3.8) is 0 Å². The third-order valence-corrected chi connectivity index (χ3v) is 5.94. The molecule has 0 radical (unpaired) electrons. The molecule has 7 nitrogen and oxygen atoms in total. The minimum Gasteiger partial charge on any atom is -0.353 e. The minimum atomic E-state index is -0.466. The average molecular weight is 392 g/mol. The van der Waals surface area contributed by atoms with E-state index in [2.05, 4.69) is 20.1 Å². The van der Waals surface area contributed by atoms with Crippen LogP contribution in [0, 0.1) is 11.7 Å². The molecule has 0 spiro atoms. The molecule has 0 aliphatic carbocycles. The summed E-state index contributed by atoms with van der Waals surface area (Å²) in [5, 5.41) is 8.72. The van der Waals surface area contributed by atoms with Gasteiger partial charge >= 0.3 is 0 Å². The molecular weight excluding hydrogens is 371 g/mol. The Hall–Kier alpha value is -3.29. The molecular formula is C21H21FN6O. The number of nitrogens with zero attached hydrogens (tertiary/aromatic N) is 6. The van der Waals surface area contributed by atoms with Gasteiger partial charge < -0.3 is 14.4 Å². The van der Waals surface area contributed by atoms with Crippen LogP contribution in [-0.2, 0) is 7.05 Å². The van der Waals surface area contributed by atoms with Gasteiger partial charge in [-0.15, -0.1) is 10.2 Å². The van der Waals surface area contributed by atoms with E-state index in [4.69, 9.17) is 0 Å².